The topological polar surface area (TPSA) is 89.0 Å². The van der Waals surface area contributed by atoms with Crippen molar-refractivity contribution in [3.63, 3.8) is 0 Å². The van der Waals surface area contributed by atoms with E-state index in [-0.39, 0.29) is 10.8 Å². The Balaban J connectivity index is 1.93. The van der Waals surface area contributed by atoms with Gasteiger partial charge in [-0.25, -0.2) is 17.8 Å². The Morgan fingerprint density at radius 1 is 1.29 bits per heavy atom. The number of carbonyl (C=O) groups is 1. The molecule has 2 aromatic heterocycles. The summed E-state index contributed by atoms with van der Waals surface area (Å²) in [5, 5.41) is 3.11. The summed E-state index contributed by atoms with van der Waals surface area (Å²) in [6.07, 6.45) is 2.71. The molecule has 0 aliphatic rings. The standard InChI is InChI=1S/C12H9N3O3S3/c1-21(17,18)7-2-3-8-10(6-7)19-12(14-8)15-11(16)9-4-5-13-20-9/h2-6H,1H3,(H,14,15,16). The van der Waals surface area contributed by atoms with Crippen LogP contribution in [-0.2, 0) is 9.84 Å². The normalized spacial score (nSPS) is 11.7. The van der Waals surface area contributed by atoms with E-state index in [9.17, 15) is 13.2 Å². The molecule has 21 heavy (non-hydrogen) atoms. The summed E-state index contributed by atoms with van der Waals surface area (Å²) >= 11 is 2.33. The molecule has 0 bridgehead atoms. The molecular weight excluding hydrogens is 330 g/mol. The summed E-state index contributed by atoms with van der Waals surface area (Å²) in [6, 6.07) is 6.32. The highest BCUT2D eigenvalue weighted by atomic mass is 32.2. The molecule has 0 saturated heterocycles. The largest absolute Gasteiger partial charge is 0.297 e. The molecule has 0 spiro atoms. The third kappa shape index (κ3) is 2.94. The van der Waals surface area contributed by atoms with Crippen molar-refractivity contribution in [2.24, 2.45) is 0 Å². The predicted molar refractivity (Wildman–Crippen MR) is 82.8 cm³/mol. The lowest BCUT2D eigenvalue weighted by Crippen LogP contribution is -2.09. The summed E-state index contributed by atoms with van der Waals surface area (Å²) in [6.45, 7) is 0. The number of hydrogen-bond donors (Lipinski definition) is 1. The zero-order valence-electron chi connectivity index (χ0n) is 10.7. The zero-order chi connectivity index (χ0) is 15.0. The zero-order valence-corrected chi connectivity index (χ0v) is 13.2. The Bertz CT molecular complexity index is 914. The van der Waals surface area contributed by atoms with E-state index >= 15 is 0 Å². The van der Waals surface area contributed by atoms with E-state index in [1.54, 1.807) is 24.4 Å². The third-order valence-corrected chi connectivity index (χ3v) is 5.46. The van der Waals surface area contributed by atoms with Gasteiger partial charge in [-0.15, -0.1) is 0 Å². The van der Waals surface area contributed by atoms with Crippen LogP contribution >= 0.6 is 22.9 Å². The van der Waals surface area contributed by atoms with Crippen molar-refractivity contribution >= 4 is 54.0 Å². The van der Waals surface area contributed by atoms with E-state index in [0.29, 0.717) is 20.2 Å². The lowest BCUT2D eigenvalue weighted by atomic mass is 10.3. The van der Waals surface area contributed by atoms with Crippen molar-refractivity contribution in [2.45, 2.75) is 4.90 Å². The van der Waals surface area contributed by atoms with Crippen LogP contribution in [0.4, 0.5) is 5.13 Å². The SMILES string of the molecule is CS(=O)(=O)c1ccc2nc(NC(=O)c3ccns3)sc2c1. The van der Waals surface area contributed by atoms with Crippen LogP contribution < -0.4 is 5.32 Å². The number of aromatic nitrogens is 2. The molecule has 0 aliphatic carbocycles. The van der Waals surface area contributed by atoms with E-state index < -0.39 is 9.84 Å². The average Bonchev–Trinajstić information content (AvgIpc) is 3.05. The van der Waals surface area contributed by atoms with Crippen LogP contribution in [0.3, 0.4) is 0 Å². The third-order valence-electron chi connectivity index (χ3n) is 2.67. The number of hydrogen-bond acceptors (Lipinski definition) is 7. The van der Waals surface area contributed by atoms with Crippen molar-refractivity contribution in [3.8, 4) is 0 Å². The molecule has 2 heterocycles. The van der Waals surface area contributed by atoms with Crippen LogP contribution in [0.25, 0.3) is 10.2 Å². The molecule has 6 nitrogen and oxygen atoms in total. The predicted octanol–water partition coefficient (Wildman–Crippen LogP) is 2.41. The molecule has 3 aromatic rings. The smallest absolute Gasteiger partial charge is 0.269 e. The highest BCUT2D eigenvalue weighted by Gasteiger charge is 2.13. The van der Waals surface area contributed by atoms with Gasteiger partial charge in [0.2, 0.25) is 0 Å². The van der Waals surface area contributed by atoms with Gasteiger partial charge in [-0.1, -0.05) is 11.3 Å². The summed E-state index contributed by atoms with van der Waals surface area (Å²) in [5.41, 5.74) is 0.645. The first-order valence-electron chi connectivity index (χ1n) is 5.76. The number of sulfone groups is 1. The van der Waals surface area contributed by atoms with Crippen molar-refractivity contribution in [1.82, 2.24) is 9.36 Å². The molecule has 108 valence electrons. The molecule has 0 aliphatic heterocycles. The maximum Gasteiger partial charge on any atom is 0.269 e. The second-order valence-corrected chi connectivity index (χ2v) is 8.13. The van der Waals surface area contributed by atoms with E-state index in [1.807, 2.05) is 0 Å². The van der Waals surface area contributed by atoms with E-state index in [0.717, 1.165) is 17.8 Å². The number of carbonyl (C=O) groups excluding carboxylic acids is 1. The second kappa shape index (κ2) is 5.17. The number of nitrogens with one attached hydrogen (secondary N) is 1. The second-order valence-electron chi connectivity index (χ2n) is 4.25. The van der Waals surface area contributed by atoms with E-state index in [1.165, 1.54) is 17.4 Å². The minimum atomic E-state index is -3.26. The molecule has 1 amide bonds. The van der Waals surface area contributed by atoms with Crippen molar-refractivity contribution in [2.75, 3.05) is 11.6 Å². The quantitative estimate of drug-likeness (QED) is 0.791. The number of nitrogens with zero attached hydrogens (tertiary/aromatic N) is 2. The molecule has 0 atom stereocenters. The lowest BCUT2D eigenvalue weighted by Gasteiger charge is -1.96. The van der Waals surface area contributed by atoms with Gasteiger partial charge in [0.15, 0.2) is 15.0 Å². The molecular formula is C12H9N3O3S3. The molecule has 0 saturated carbocycles. The minimum Gasteiger partial charge on any atom is -0.297 e. The summed E-state index contributed by atoms with van der Waals surface area (Å²) in [5.74, 6) is -0.278. The van der Waals surface area contributed by atoms with Gasteiger partial charge in [-0.3, -0.25) is 10.1 Å². The van der Waals surface area contributed by atoms with Crippen LogP contribution in [0.1, 0.15) is 9.67 Å². The maximum absolute atomic E-state index is 11.9. The van der Waals surface area contributed by atoms with Gasteiger partial charge < -0.3 is 0 Å². The lowest BCUT2D eigenvalue weighted by molar-refractivity contribution is 0.103. The first-order chi connectivity index (χ1) is 9.93. The molecule has 0 radical (unpaired) electrons. The van der Waals surface area contributed by atoms with Gasteiger partial charge in [0.1, 0.15) is 4.88 Å². The number of anilines is 1. The van der Waals surface area contributed by atoms with Crippen molar-refractivity contribution < 1.29 is 13.2 Å². The van der Waals surface area contributed by atoms with Gasteiger partial charge in [0, 0.05) is 12.5 Å². The molecule has 9 heteroatoms. The van der Waals surface area contributed by atoms with E-state index in [2.05, 4.69) is 14.7 Å². The van der Waals surface area contributed by atoms with Crippen LogP contribution in [0, 0.1) is 0 Å². The van der Waals surface area contributed by atoms with Crippen LogP contribution in [0.15, 0.2) is 35.4 Å². The Hall–Kier alpha value is -1.84. The maximum atomic E-state index is 11.9. The fourth-order valence-corrected chi connectivity index (χ4v) is 3.79. The van der Waals surface area contributed by atoms with Gasteiger partial charge in [0.05, 0.1) is 15.1 Å². The number of amides is 1. The molecule has 0 fully saturated rings. The highest BCUT2D eigenvalue weighted by molar-refractivity contribution is 7.90. The molecule has 3 rings (SSSR count). The first-order valence-corrected chi connectivity index (χ1v) is 9.24. The fourth-order valence-electron chi connectivity index (χ4n) is 1.68. The average molecular weight is 339 g/mol. The molecule has 1 N–H and O–H groups in total. The number of fused-ring (bicyclic) bond motifs is 1. The fraction of sp³-hybridized carbons (Fsp3) is 0.0833. The number of rotatable bonds is 3. The van der Waals surface area contributed by atoms with Crippen LogP contribution in [-0.4, -0.2) is 29.9 Å². The Morgan fingerprint density at radius 3 is 2.76 bits per heavy atom. The molecule has 0 unspecified atom stereocenters. The minimum absolute atomic E-state index is 0.235. The van der Waals surface area contributed by atoms with Gasteiger partial charge in [0.25, 0.3) is 5.91 Å². The summed E-state index contributed by atoms with van der Waals surface area (Å²) in [7, 11) is -3.26. The first kappa shape index (κ1) is 14.1. The Labute approximate surface area is 128 Å². The Morgan fingerprint density at radius 2 is 2.10 bits per heavy atom. The van der Waals surface area contributed by atoms with Crippen LogP contribution in [0.2, 0.25) is 0 Å². The molecule has 1 aromatic carbocycles. The number of thiazole rings is 1. The van der Waals surface area contributed by atoms with Gasteiger partial charge in [-0.2, -0.15) is 0 Å². The Kier molecular flexibility index (Phi) is 3.47. The monoisotopic (exact) mass is 339 g/mol. The highest BCUT2D eigenvalue weighted by Crippen LogP contribution is 2.28. The van der Waals surface area contributed by atoms with Crippen molar-refractivity contribution in [1.29, 1.82) is 0 Å². The number of benzene rings is 1. The van der Waals surface area contributed by atoms with Gasteiger partial charge >= 0.3 is 0 Å². The summed E-state index contributed by atoms with van der Waals surface area (Å²) < 4.78 is 27.6. The van der Waals surface area contributed by atoms with Crippen LogP contribution in [0.5, 0.6) is 0 Å². The van der Waals surface area contributed by atoms with Crippen molar-refractivity contribution in [3.05, 3.63) is 35.3 Å². The van der Waals surface area contributed by atoms with Gasteiger partial charge in [-0.05, 0) is 35.8 Å². The van der Waals surface area contributed by atoms with E-state index in [4.69, 9.17) is 0 Å². The summed E-state index contributed by atoms with van der Waals surface area (Å²) in [4.78, 5) is 16.9.